The molecule has 3 rings (SSSR count). The molecule has 0 atom stereocenters. The molecule has 0 N–H and O–H groups in total. The van der Waals surface area contributed by atoms with Gasteiger partial charge in [0.25, 0.3) is 0 Å². The normalized spacial score (nSPS) is 15.0. The highest BCUT2D eigenvalue weighted by atomic mass is 16.5. The molecular weight excluding hydrogens is 324 g/mol. The van der Waals surface area contributed by atoms with Crippen LogP contribution in [0.4, 0.5) is 0 Å². The lowest BCUT2D eigenvalue weighted by atomic mass is 10.2. The van der Waals surface area contributed by atoms with E-state index in [4.69, 9.17) is 9.47 Å². The van der Waals surface area contributed by atoms with E-state index in [0.717, 1.165) is 44.3 Å². The fraction of sp³-hybridized carbons (Fsp3) is 0.455. The molecule has 2 aromatic carbocycles. The lowest BCUT2D eigenvalue weighted by Gasteiger charge is -2.32. The van der Waals surface area contributed by atoms with Gasteiger partial charge in [0.2, 0.25) is 0 Å². The second-order valence-electron chi connectivity index (χ2n) is 6.55. The molecule has 0 radical (unpaired) electrons. The zero-order chi connectivity index (χ0) is 18.6. The quantitative estimate of drug-likeness (QED) is 0.788. The summed E-state index contributed by atoms with van der Waals surface area (Å²) in [5, 5.41) is 0. The molecule has 1 heterocycles. The number of likely N-dealkylation sites (N-methyl/N-ethyl adjacent to an activating group) is 1. The number of aryl methyl sites for hydroxylation is 1. The van der Waals surface area contributed by atoms with E-state index in [1.54, 1.807) is 0 Å². The maximum Gasteiger partial charge on any atom is 0.119 e. The predicted molar refractivity (Wildman–Crippen MR) is 108 cm³/mol. The van der Waals surface area contributed by atoms with Crippen LogP contribution in [0.1, 0.15) is 12.5 Å². The van der Waals surface area contributed by atoms with Gasteiger partial charge < -0.3 is 14.4 Å². The Balaban J connectivity index is 0.000000228. The third-order valence-electron chi connectivity index (χ3n) is 4.35. The van der Waals surface area contributed by atoms with E-state index < -0.39 is 0 Å². The summed E-state index contributed by atoms with van der Waals surface area (Å²) in [6.45, 7) is 11.3. The van der Waals surface area contributed by atoms with Crippen molar-refractivity contribution in [3.05, 3.63) is 60.2 Å². The fourth-order valence-electron chi connectivity index (χ4n) is 2.68. The minimum absolute atomic E-state index is 0.740. The first kappa shape index (κ1) is 20.3. The number of para-hydroxylation sites is 1. The molecule has 0 bridgehead atoms. The van der Waals surface area contributed by atoms with Crippen molar-refractivity contribution < 1.29 is 9.47 Å². The summed E-state index contributed by atoms with van der Waals surface area (Å²) >= 11 is 0. The smallest absolute Gasteiger partial charge is 0.119 e. The van der Waals surface area contributed by atoms with Gasteiger partial charge in [-0.2, -0.15) is 0 Å². The lowest BCUT2D eigenvalue weighted by molar-refractivity contribution is 0.134. The van der Waals surface area contributed by atoms with Crippen LogP contribution in [0.25, 0.3) is 0 Å². The van der Waals surface area contributed by atoms with Crippen LogP contribution in [-0.2, 0) is 0 Å². The highest BCUT2D eigenvalue weighted by molar-refractivity contribution is 5.26. The standard InChI is InChI=1S/C14H22N2O.C8H10O/c1-13-3-5-14(6-4-13)17-12-11-16-9-7-15(2)8-10-16;1-2-9-8-6-4-3-5-7-8/h3-6H,7-12H2,1-2H3;3-7H,2H2,1H3. The van der Waals surface area contributed by atoms with Gasteiger partial charge in [-0.25, -0.2) is 0 Å². The molecule has 0 saturated carbocycles. The molecule has 0 unspecified atom stereocenters. The Labute approximate surface area is 158 Å². The number of ether oxygens (including phenoxy) is 2. The summed E-state index contributed by atoms with van der Waals surface area (Å²) in [5.41, 5.74) is 1.27. The Morgan fingerprint density at radius 3 is 2.04 bits per heavy atom. The van der Waals surface area contributed by atoms with Gasteiger partial charge >= 0.3 is 0 Å². The number of nitrogens with zero attached hydrogens (tertiary/aromatic N) is 2. The number of rotatable bonds is 6. The van der Waals surface area contributed by atoms with Gasteiger partial charge in [0.05, 0.1) is 6.61 Å². The summed E-state index contributed by atoms with van der Waals surface area (Å²) in [4.78, 5) is 4.84. The molecule has 2 aromatic rings. The number of hydrogen-bond acceptors (Lipinski definition) is 4. The van der Waals surface area contributed by atoms with Crippen molar-refractivity contribution in [3.8, 4) is 11.5 Å². The highest BCUT2D eigenvalue weighted by Crippen LogP contribution is 2.11. The monoisotopic (exact) mass is 356 g/mol. The summed E-state index contributed by atoms with van der Waals surface area (Å²) in [6.07, 6.45) is 0. The van der Waals surface area contributed by atoms with E-state index in [9.17, 15) is 0 Å². The van der Waals surface area contributed by atoms with E-state index >= 15 is 0 Å². The largest absolute Gasteiger partial charge is 0.494 e. The first-order valence-corrected chi connectivity index (χ1v) is 9.45. The Bertz CT molecular complexity index is 593. The first-order valence-electron chi connectivity index (χ1n) is 9.45. The Kier molecular flexibility index (Phi) is 9.01. The van der Waals surface area contributed by atoms with Crippen LogP contribution in [0.5, 0.6) is 11.5 Å². The highest BCUT2D eigenvalue weighted by Gasteiger charge is 2.12. The van der Waals surface area contributed by atoms with Gasteiger partial charge in [0, 0.05) is 32.7 Å². The van der Waals surface area contributed by atoms with Gasteiger partial charge in [-0.1, -0.05) is 35.9 Å². The van der Waals surface area contributed by atoms with Gasteiger partial charge in [-0.15, -0.1) is 0 Å². The minimum atomic E-state index is 0.740. The van der Waals surface area contributed by atoms with E-state index in [2.05, 4.69) is 35.9 Å². The van der Waals surface area contributed by atoms with Crippen molar-refractivity contribution in [1.29, 1.82) is 0 Å². The molecule has 26 heavy (non-hydrogen) atoms. The molecule has 4 nitrogen and oxygen atoms in total. The van der Waals surface area contributed by atoms with Crippen LogP contribution in [-0.4, -0.2) is 62.8 Å². The van der Waals surface area contributed by atoms with Crippen LogP contribution in [0.3, 0.4) is 0 Å². The SMILES string of the molecule is CCOc1ccccc1.Cc1ccc(OCCN2CCN(C)CC2)cc1. The average molecular weight is 357 g/mol. The number of hydrogen-bond donors (Lipinski definition) is 0. The maximum atomic E-state index is 5.74. The van der Waals surface area contributed by atoms with E-state index in [1.807, 2.05) is 49.4 Å². The summed E-state index contributed by atoms with van der Waals surface area (Å²) in [7, 11) is 2.18. The number of piperazine rings is 1. The molecule has 0 amide bonds. The van der Waals surface area contributed by atoms with Gasteiger partial charge in [-0.05, 0) is 45.2 Å². The van der Waals surface area contributed by atoms with Crippen LogP contribution in [0.2, 0.25) is 0 Å². The molecule has 4 heteroatoms. The summed E-state index contributed by atoms with van der Waals surface area (Å²) in [6, 6.07) is 18.1. The predicted octanol–water partition coefficient (Wildman–Crippen LogP) is 3.71. The topological polar surface area (TPSA) is 24.9 Å². The van der Waals surface area contributed by atoms with Crippen LogP contribution >= 0.6 is 0 Å². The van der Waals surface area contributed by atoms with Crippen molar-refractivity contribution in [2.45, 2.75) is 13.8 Å². The molecule has 1 saturated heterocycles. The first-order chi connectivity index (χ1) is 12.7. The van der Waals surface area contributed by atoms with Gasteiger partial charge in [0.1, 0.15) is 18.1 Å². The van der Waals surface area contributed by atoms with E-state index in [0.29, 0.717) is 0 Å². The molecule has 0 spiro atoms. The summed E-state index contributed by atoms with van der Waals surface area (Å²) < 4.78 is 10.9. The van der Waals surface area contributed by atoms with Crippen molar-refractivity contribution in [1.82, 2.24) is 9.80 Å². The van der Waals surface area contributed by atoms with Crippen molar-refractivity contribution in [2.75, 3.05) is 53.0 Å². The number of benzene rings is 2. The van der Waals surface area contributed by atoms with Crippen molar-refractivity contribution >= 4 is 0 Å². The zero-order valence-corrected chi connectivity index (χ0v) is 16.4. The van der Waals surface area contributed by atoms with Crippen LogP contribution < -0.4 is 9.47 Å². The van der Waals surface area contributed by atoms with Crippen LogP contribution in [0.15, 0.2) is 54.6 Å². The zero-order valence-electron chi connectivity index (χ0n) is 16.4. The maximum absolute atomic E-state index is 5.74. The van der Waals surface area contributed by atoms with E-state index in [1.165, 1.54) is 18.7 Å². The third kappa shape index (κ3) is 7.89. The molecule has 0 aromatic heterocycles. The van der Waals surface area contributed by atoms with Crippen molar-refractivity contribution in [2.24, 2.45) is 0 Å². The van der Waals surface area contributed by atoms with Crippen molar-refractivity contribution in [3.63, 3.8) is 0 Å². The Hall–Kier alpha value is -2.04. The molecule has 1 fully saturated rings. The third-order valence-corrected chi connectivity index (χ3v) is 4.35. The Morgan fingerprint density at radius 1 is 0.808 bits per heavy atom. The molecular formula is C22H32N2O2. The molecule has 142 valence electrons. The Morgan fingerprint density at radius 2 is 1.42 bits per heavy atom. The second-order valence-corrected chi connectivity index (χ2v) is 6.55. The molecule has 1 aliphatic rings. The average Bonchev–Trinajstić information content (AvgIpc) is 2.67. The molecule has 1 aliphatic heterocycles. The minimum Gasteiger partial charge on any atom is -0.494 e. The van der Waals surface area contributed by atoms with Gasteiger partial charge in [0.15, 0.2) is 0 Å². The van der Waals surface area contributed by atoms with Crippen LogP contribution in [0, 0.1) is 6.92 Å². The lowest BCUT2D eigenvalue weighted by Crippen LogP contribution is -2.45. The molecule has 0 aliphatic carbocycles. The van der Waals surface area contributed by atoms with Gasteiger partial charge in [-0.3, -0.25) is 4.90 Å². The second kappa shape index (κ2) is 11.6. The summed E-state index contributed by atoms with van der Waals surface area (Å²) in [5.74, 6) is 1.92. The van der Waals surface area contributed by atoms with E-state index in [-0.39, 0.29) is 0 Å². The fourth-order valence-corrected chi connectivity index (χ4v) is 2.68.